The molecule has 0 spiro atoms. The van der Waals surface area contributed by atoms with E-state index in [-0.39, 0.29) is 11.4 Å². The first-order chi connectivity index (χ1) is 14.1. The van der Waals surface area contributed by atoms with E-state index in [1.165, 1.54) is 11.8 Å². The second-order valence-corrected chi connectivity index (χ2v) is 6.99. The molecule has 2 aromatic heterocycles. The molecule has 0 radical (unpaired) electrons. The lowest BCUT2D eigenvalue weighted by Gasteiger charge is -2.06. The van der Waals surface area contributed by atoms with E-state index < -0.39 is 0 Å². The Morgan fingerprint density at radius 3 is 2.52 bits per heavy atom. The Kier molecular flexibility index (Phi) is 5.30. The number of anilines is 1. The standard InChI is InChI=1S/C20H17N5O3S/c1-27-14-9-7-13(8-10-14)18-22-15(28-25-18)11-29-20-23-17(21)16(19(26)24-20)12-5-3-2-4-6-12/h2-10H,11H2,1H3,(H3,21,23,24,26). The van der Waals surface area contributed by atoms with Gasteiger partial charge in [-0.25, -0.2) is 4.98 Å². The number of hydrogen-bond donors (Lipinski definition) is 2. The average molecular weight is 407 g/mol. The van der Waals surface area contributed by atoms with Crippen LogP contribution in [0.3, 0.4) is 0 Å². The number of hydrogen-bond acceptors (Lipinski definition) is 8. The SMILES string of the molecule is COc1ccc(-c2noc(CSc3nc(N)c(-c4ccccc4)c(=O)[nH]3)n2)cc1. The van der Waals surface area contributed by atoms with Crippen LogP contribution in [0.1, 0.15) is 5.89 Å². The predicted molar refractivity (Wildman–Crippen MR) is 111 cm³/mol. The van der Waals surface area contributed by atoms with Crippen LogP contribution < -0.4 is 16.0 Å². The highest BCUT2D eigenvalue weighted by Crippen LogP contribution is 2.25. The summed E-state index contributed by atoms with van der Waals surface area (Å²) in [5.41, 5.74) is 7.61. The topological polar surface area (TPSA) is 120 Å². The molecule has 0 aliphatic rings. The summed E-state index contributed by atoms with van der Waals surface area (Å²) in [7, 11) is 1.61. The van der Waals surface area contributed by atoms with Gasteiger partial charge in [-0.05, 0) is 29.8 Å². The second-order valence-electron chi connectivity index (χ2n) is 6.03. The Bertz CT molecular complexity index is 1170. The molecule has 8 nitrogen and oxygen atoms in total. The second kappa shape index (κ2) is 8.19. The molecular formula is C20H17N5O3S. The lowest BCUT2D eigenvalue weighted by atomic mass is 10.1. The summed E-state index contributed by atoms with van der Waals surface area (Å²) in [6.07, 6.45) is 0. The van der Waals surface area contributed by atoms with Crippen molar-refractivity contribution in [2.45, 2.75) is 10.9 Å². The van der Waals surface area contributed by atoms with E-state index in [0.29, 0.717) is 28.2 Å². The van der Waals surface area contributed by atoms with Gasteiger partial charge in [-0.2, -0.15) is 4.98 Å². The van der Waals surface area contributed by atoms with Crippen LogP contribution in [0.4, 0.5) is 5.82 Å². The first-order valence-corrected chi connectivity index (χ1v) is 9.67. The van der Waals surface area contributed by atoms with Gasteiger partial charge in [0.25, 0.3) is 5.56 Å². The van der Waals surface area contributed by atoms with Gasteiger partial charge >= 0.3 is 0 Å². The number of ether oxygens (including phenoxy) is 1. The fourth-order valence-corrected chi connectivity index (χ4v) is 3.43. The predicted octanol–water partition coefficient (Wildman–Crippen LogP) is 3.37. The summed E-state index contributed by atoms with van der Waals surface area (Å²) < 4.78 is 10.4. The number of nitrogens with zero attached hydrogens (tertiary/aromatic N) is 3. The van der Waals surface area contributed by atoms with Gasteiger partial charge in [-0.15, -0.1) is 0 Å². The van der Waals surface area contributed by atoms with Gasteiger partial charge in [-0.1, -0.05) is 47.3 Å². The monoisotopic (exact) mass is 407 g/mol. The number of rotatable bonds is 6. The Hall–Kier alpha value is -3.59. The third-order valence-corrected chi connectivity index (χ3v) is 4.99. The van der Waals surface area contributed by atoms with Gasteiger partial charge in [-0.3, -0.25) is 4.79 Å². The van der Waals surface area contributed by atoms with Crippen LogP contribution in [-0.2, 0) is 5.75 Å². The Labute approximate surface area is 170 Å². The summed E-state index contributed by atoms with van der Waals surface area (Å²) >= 11 is 1.26. The number of nitrogens with one attached hydrogen (secondary N) is 1. The number of methoxy groups -OCH3 is 1. The zero-order valence-electron chi connectivity index (χ0n) is 15.5. The maximum Gasteiger partial charge on any atom is 0.261 e. The van der Waals surface area contributed by atoms with Crippen molar-refractivity contribution in [3.63, 3.8) is 0 Å². The smallest absolute Gasteiger partial charge is 0.261 e. The third kappa shape index (κ3) is 4.14. The van der Waals surface area contributed by atoms with E-state index in [1.807, 2.05) is 54.6 Å². The fraction of sp³-hybridized carbons (Fsp3) is 0.100. The molecule has 0 unspecified atom stereocenters. The highest BCUT2D eigenvalue weighted by atomic mass is 32.2. The quantitative estimate of drug-likeness (QED) is 0.369. The van der Waals surface area contributed by atoms with Crippen molar-refractivity contribution >= 4 is 17.6 Å². The molecule has 146 valence electrons. The summed E-state index contributed by atoms with van der Waals surface area (Å²) in [6.45, 7) is 0. The molecule has 0 saturated carbocycles. The zero-order valence-corrected chi connectivity index (χ0v) is 16.3. The minimum absolute atomic E-state index is 0.173. The molecule has 2 aromatic carbocycles. The number of H-pyrrole nitrogens is 1. The lowest BCUT2D eigenvalue weighted by Crippen LogP contribution is -2.15. The van der Waals surface area contributed by atoms with Gasteiger partial charge < -0.3 is 20.0 Å². The van der Waals surface area contributed by atoms with Crippen LogP contribution in [0.5, 0.6) is 5.75 Å². The van der Waals surface area contributed by atoms with Crippen LogP contribution in [0.25, 0.3) is 22.5 Å². The molecule has 0 aliphatic heterocycles. The van der Waals surface area contributed by atoms with Crippen LogP contribution in [0, 0.1) is 0 Å². The van der Waals surface area contributed by atoms with Gasteiger partial charge in [0.1, 0.15) is 11.6 Å². The van der Waals surface area contributed by atoms with Gasteiger partial charge in [0.2, 0.25) is 11.7 Å². The van der Waals surface area contributed by atoms with E-state index in [4.69, 9.17) is 15.0 Å². The van der Waals surface area contributed by atoms with Crippen molar-refractivity contribution in [1.82, 2.24) is 20.1 Å². The van der Waals surface area contributed by atoms with E-state index in [1.54, 1.807) is 7.11 Å². The molecule has 2 heterocycles. The summed E-state index contributed by atoms with van der Waals surface area (Å²) in [6, 6.07) is 16.5. The number of aromatic nitrogens is 4. The zero-order chi connectivity index (χ0) is 20.2. The molecule has 0 aliphatic carbocycles. The molecule has 0 amide bonds. The van der Waals surface area contributed by atoms with Crippen molar-refractivity contribution in [2.24, 2.45) is 0 Å². The Morgan fingerprint density at radius 2 is 1.83 bits per heavy atom. The first kappa shape index (κ1) is 18.8. The molecule has 4 aromatic rings. The largest absolute Gasteiger partial charge is 0.497 e. The van der Waals surface area contributed by atoms with Crippen molar-refractivity contribution in [3.8, 4) is 28.3 Å². The van der Waals surface area contributed by atoms with Crippen molar-refractivity contribution in [3.05, 3.63) is 70.8 Å². The molecule has 0 fully saturated rings. The summed E-state index contributed by atoms with van der Waals surface area (Å²) in [5.74, 6) is 2.15. The number of nitrogens with two attached hydrogens (primary N) is 1. The fourth-order valence-electron chi connectivity index (χ4n) is 2.72. The molecular weight excluding hydrogens is 390 g/mol. The lowest BCUT2D eigenvalue weighted by molar-refractivity contribution is 0.391. The molecule has 9 heteroatoms. The number of nitrogen functional groups attached to an aromatic ring is 1. The Morgan fingerprint density at radius 1 is 1.07 bits per heavy atom. The van der Waals surface area contributed by atoms with Crippen LogP contribution >= 0.6 is 11.8 Å². The average Bonchev–Trinajstić information content (AvgIpc) is 3.22. The van der Waals surface area contributed by atoms with Gasteiger partial charge in [0.15, 0.2) is 5.16 Å². The molecule has 29 heavy (non-hydrogen) atoms. The van der Waals surface area contributed by atoms with Crippen molar-refractivity contribution < 1.29 is 9.26 Å². The van der Waals surface area contributed by atoms with Gasteiger partial charge in [0, 0.05) is 5.56 Å². The summed E-state index contributed by atoms with van der Waals surface area (Å²) in [4.78, 5) is 23.9. The summed E-state index contributed by atoms with van der Waals surface area (Å²) in [5, 5.41) is 4.37. The molecule has 0 saturated heterocycles. The van der Waals surface area contributed by atoms with Crippen molar-refractivity contribution in [2.75, 3.05) is 12.8 Å². The minimum Gasteiger partial charge on any atom is -0.497 e. The van der Waals surface area contributed by atoms with Crippen LogP contribution in [0.2, 0.25) is 0 Å². The molecule has 0 bridgehead atoms. The number of aromatic amines is 1. The highest BCUT2D eigenvalue weighted by molar-refractivity contribution is 7.98. The molecule has 3 N–H and O–H groups in total. The first-order valence-electron chi connectivity index (χ1n) is 8.69. The maximum atomic E-state index is 12.5. The Balaban J connectivity index is 1.48. The van der Waals surface area contributed by atoms with E-state index >= 15 is 0 Å². The highest BCUT2D eigenvalue weighted by Gasteiger charge is 2.13. The number of thioether (sulfide) groups is 1. The normalized spacial score (nSPS) is 10.8. The van der Waals surface area contributed by atoms with Gasteiger partial charge in [0.05, 0.1) is 18.4 Å². The minimum atomic E-state index is -0.296. The van der Waals surface area contributed by atoms with Crippen molar-refractivity contribution in [1.29, 1.82) is 0 Å². The van der Waals surface area contributed by atoms with E-state index in [2.05, 4.69) is 20.1 Å². The van der Waals surface area contributed by atoms with Crippen LogP contribution in [0.15, 0.2) is 69.1 Å². The van der Waals surface area contributed by atoms with E-state index in [0.717, 1.165) is 16.9 Å². The van der Waals surface area contributed by atoms with E-state index in [9.17, 15) is 4.79 Å². The maximum absolute atomic E-state index is 12.5. The van der Waals surface area contributed by atoms with Crippen LogP contribution in [-0.4, -0.2) is 27.2 Å². The molecule has 0 atom stereocenters. The third-order valence-electron chi connectivity index (χ3n) is 4.14. The number of benzene rings is 2. The molecule has 4 rings (SSSR count).